The fraction of sp³-hybridized carbons (Fsp3) is 0.241. The van der Waals surface area contributed by atoms with E-state index in [1.807, 2.05) is 79.7 Å². The molecule has 1 saturated heterocycles. The molecule has 0 bridgehead atoms. The van der Waals surface area contributed by atoms with Gasteiger partial charge in [0, 0.05) is 31.7 Å². The summed E-state index contributed by atoms with van der Waals surface area (Å²) in [5, 5.41) is 5.97. The van der Waals surface area contributed by atoms with Crippen molar-refractivity contribution in [3.63, 3.8) is 0 Å². The normalized spacial score (nSPS) is 15.0. The lowest BCUT2D eigenvalue weighted by molar-refractivity contribution is 0.117. The van der Waals surface area contributed by atoms with Crippen molar-refractivity contribution in [2.75, 3.05) is 33.2 Å². The predicted octanol–water partition coefficient (Wildman–Crippen LogP) is 6.88. The molecule has 4 aromatic rings. The summed E-state index contributed by atoms with van der Waals surface area (Å²) in [6, 6.07) is 25.1. The second kappa shape index (κ2) is 11.0. The zero-order chi connectivity index (χ0) is 25.9. The second-order valence-corrected chi connectivity index (χ2v) is 10.0. The maximum atomic E-state index is 13.4. The molecule has 8 heteroatoms. The Bertz CT molecular complexity index is 1380. The highest BCUT2D eigenvalue weighted by Gasteiger charge is 2.29. The summed E-state index contributed by atoms with van der Waals surface area (Å²) < 4.78 is 7.99. The number of likely N-dealkylation sites (N-methyl/N-ethyl adjacent to an activating group) is 1. The Kier molecular flexibility index (Phi) is 7.51. The highest BCUT2D eigenvalue weighted by molar-refractivity contribution is 6.42. The summed E-state index contributed by atoms with van der Waals surface area (Å²) in [5.74, 6) is 0.396. The molecule has 1 aliphatic heterocycles. The number of carbonyl (C=O) groups is 1. The quantitative estimate of drug-likeness (QED) is 0.280. The Morgan fingerprint density at radius 1 is 0.865 bits per heavy atom. The Morgan fingerprint density at radius 2 is 1.49 bits per heavy atom. The lowest BCUT2D eigenvalue weighted by atomic mass is 10.0. The van der Waals surface area contributed by atoms with Crippen molar-refractivity contribution < 1.29 is 9.53 Å². The number of benzene rings is 3. The number of halogens is 2. The van der Waals surface area contributed by atoms with Gasteiger partial charge in [-0.05, 0) is 37.2 Å². The maximum absolute atomic E-state index is 13.4. The summed E-state index contributed by atoms with van der Waals surface area (Å²) in [5.41, 5.74) is 4.24. The molecule has 0 radical (unpaired) electrons. The van der Waals surface area contributed by atoms with E-state index in [0.29, 0.717) is 29.0 Å². The van der Waals surface area contributed by atoms with Crippen molar-refractivity contribution in [2.24, 2.45) is 0 Å². The zero-order valence-electron chi connectivity index (χ0n) is 20.8. The van der Waals surface area contributed by atoms with Crippen LogP contribution in [0.15, 0.2) is 78.9 Å². The van der Waals surface area contributed by atoms with Gasteiger partial charge in [0.25, 0.3) is 0 Å². The van der Waals surface area contributed by atoms with E-state index < -0.39 is 0 Å². The van der Waals surface area contributed by atoms with E-state index in [2.05, 4.69) is 11.9 Å². The molecule has 1 unspecified atom stereocenters. The van der Waals surface area contributed by atoms with Crippen LogP contribution < -0.4 is 4.74 Å². The zero-order valence-corrected chi connectivity index (χ0v) is 22.3. The lowest BCUT2D eigenvalue weighted by Crippen LogP contribution is -2.48. The fourth-order valence-electron chi connectivity index (χ4n) is 4.49. The average Bonchev–Trinajstić information content (AvgIpc) is 3.30. The average molecular weight is 535 g/mol. The van der Waals surface area contributed by atoms with Gasteiger partial charge in [-0.25, -0.2) is 9.48 Å². The molecule has 1 fully saturated rings. The van der Waals surface area contributed by atoms with E-state index in [0.717, 1.165) is 41.0 Å². The largest absolute Gasteiger partial charge is 0.416 e. The van der Waals surface area contributed by atoms with Crippen molar-refractivity contribution in [3.05, 3.63) is 94.5 Å². The van der Waals surface area contributed by atoms with Crippen LogP contribution in [0.3, 0.4) is 0 Å². The minimum Gasteiger partial charge on any atom is -0.391 e. The first-order valence-corrected chi connectivity index (χ1v) is 13.0. The molecule has 1 atom stereocenters. The van der Waals surface area contributed by atoms with Crippen LogP contribution in [0.2, 0.25) is 10.0 Å². The van der Waals surface area contributed by atoms with Crippen LogP contribution in [-0.2, 0) is 0 Å². The molecule has 37 heavy (non-hydrogen) atoms. The highest BCUT2D eigenvalue weighted by atomic mass is 35.5. The van der Waals surface area contributed by atoms with Gasteiger partial charge in [0.2, 0.25) is 5.88 Å². The van der Waals surface area contributed by atoms with Crippen molar-refractivity contribution in [3.8, 4) is 28.3 Å². The first-order chi connectivity index (χ1) is 17.9. The number of ether oxygens (including phenoxy) is 1. The Balaban J connectivity index is 1.66. The van der Waals surface area contributed by atoms with Crippen LogP contribution in [0, 0.1) is 0 Å². The number of hydrogen-bond acceptors (Lipinski definition) is 4. The molecule has 6 nitrogen and oxygen atoms in total. The number of hydrogen-bond donors (Lipinski definition) is 0. The molecule has 0 spiro atoms. The summed E-state index contributed by atoms with van der Waals surface area (Å²) in [7, 11) is 2.05. The molecule has 1 amide bonds. The van der Waals surface area contributed by atoms with E-state index in [9.17, 15) is 4.79 Å². The molecule has 0 saturated carbocycles. The minimum atomic E-state index is -0.382. The van der Waals surface area contributed by atoms with Crippen LogP contribution >= 0.6 is 23.2 Å². The summed E-state index contributed by atoms with van der Waals surface area (Å²) in [6.45, 7) is 4.82. The van der Waals surface area contributed by atoms with Crippen molar-refractivity contribution in [2.45, 2.75) is 13.0 Å². The van der Waals surface area contributed by atoms with Gasteiger partial charge in [-0.2, -0.15) is 5.10 Å². The van der Waals surface area contributed by atoms with Gasteiger partial charge in [0.05, 0.1) is 21.7 Å². The van der Waals surface area contributed by atoms with Gasteiger partial charge in [-0.3, -0.25) is 0 Å². The molecular formula is C29H28Cl2N4O2. The van der Waals surface area contributed by atoms with Crippen molar-refractivity contribution in [1.82, 2.24) is 19.6 Å². The van der Waals surface area contributed by atoms with Crippen LogP contribution in [0.5, 0.6) is 5.88 Å². The van der Waals surface area contributed by atoms with Gasteiger partial charge >= 0.3 is 6.09 Å². The first-order valence-electron chi connectivity index (χ1n) is 12.3. The SMILES string of the molecule is CC(c1ccc(Cl)c(Cl)c1)n1nc(-c2ccccc2)c(-c2ccccc2)c1OC(=O)N1CCN(C)CC1. The Morgan fingerprint density at radius 3 is 2.11 bits per heavy atom. The molecule has 0 N–H and O–H groups in total. The maximum Gasteiger partial charge on any atom is 0.416 e. The number of aromatic nitrogens is 2. The highest BCUT2D eigenvalue weighted by Crippen LogP contribution is 2.42. The van der Waals surface area contributed by atoms with E-state index in [4.69, 9.17) is 33.0 Å². The third kappa shape index (κ3) is 5.37. The summed E-state index contributed by atoms with van der Waals surface area (Å²) in [4.78, 5) is 17.4. The van der Waals surface area contributed by atoms with E-state index >= 15 is 0 Å². The van der Waals surface area contributed by atoms with Gasteiger partial charge in [-0.15, -0.1) is 0 Å². The number of piperazine rings is 1. The molecule has 1 aliphatic rings. The molecule has 5 rings (SSSR count). The first kappa shape index (κ1) is 25.3. The van der Waals surface area contributed by atoms with Gasteiger partial charge in [0.1, 0.15) is 5.69 Å². The molecule has 2 heterocycles. The van der Waals surface area contributed by atoms with Crippen molar-refractivity contribution >= 4 is 29.3 Å². The standard InChI is InChI=1S/C29H28Cl2N4O2/c1-20(23-13-14-24(30)25(31)19-23)35-28(37-29(36)34-17-15-33(2)16-18-34)26(21-9-5-3-6-10-21)27(32-35)22-11-7-4-8-12-22/h3-14,19-20H,15-18H2,1-2H3. The second-order valence-electron chi connectivity index (χ2n) is 9.21. The predicted molar refractivity (Wildman–Crippen MR) is 148 cm³/mol. The minimum absolute atomic E-state index is 0.287. The van der Waals surface area contributed by atoms with Crippen LogP contribution in [0.1, 0.15) is 18.5 Å². The van der Waals surface area contributed by atoms with Crippen LogP contribution in [-0.4, -0.2) is 58.9 Å². The van der Waals surface area contributed by atoms with E-state index in [1.165, 1.54) is 0 Å². The summed E-state index contributed by atoms with van der Waals surface area (Å²) >= 11 is 12.5. The van der Waals surface area contributed by atoms with E-state index in [1.54, 1.807) is 15.6 Å². The third-order valence-electron chi connectivity index (χ3n) is 6.71. The molecule has 3 aromatic carbocycles. The van der Waals surface area contributed by atoms with Crippen LogP contribution in [0.4, 0.5) is 4.79 Å². The molecule has 0 aliphatic carbocycles. The monoisotopic (exact) mass is 534 g/mol. The Labute approximate surface area is 227 Å². The number of amides is 1. The van der Waals surface area contributed by atoms with Gasteiger partial charge in [0.15, 0.2) is 0 Å². The topological polar surface area (TPSA) is 50.6 Å². The smallest absolute Gasteiger partial charge is 0.391 e. The summed E-state index contributed by atoms with van der Waals surface area (Å²) in [6.07, 6.45) is -0.382. The van der Waals surface area contributed by atoms with Crippen molar-refractivity contribution in [1.29, 1.82) is 0 Å². The third-order valence-corrected chi connectivity index (χ3v) is 7.45. The number of rotatable bonds is 5. The Hall–Kier alpha value is -3.32. The van der Waals surface area contributed by atoms with Gasteiger partial charge in [-0.1, -0.05) is 89.9 Å². The van der Waals surface area contributed by atoms with E-state index in [-0.39, 0.29) is 12.1 Å². The van der Waals surface area contributed by atoms with Gasteiger partial charge < -0.3 is 14.5 Å². The van der Waals surface area contributed by atoms with Crippen LogP contribution in [0.25, 0.3) is 22.4 Å². The number of nitrogens with zero attached hydrogens (tertiary/aromatic N) is 4. The molecule has 190 valence electrons. The fourth-order valence-corrected chi connectivity index (χ4v) is 4.80. The number of carbonyl (C=O) groups excluding carboxylic acids is 1. The lowest BCUT2D eigenvalue weighted by Gasteiger charge is -2.31. The molecular weight excluding hydrogens is 507 g/mol. The molecule has 1 aromatic heterocycles.